The molecular formula is C19H29N3O6Si. The molecule has 1 aromatic rings. The monoisotopic (exact) mass is 423 g/mol. The second kappa shape index (κ2) is 7.75. The fraction of sp³-hybridized carbons (Fsp3) is 0.579. The molecule has 0 saturated carbocycles. The lowest BCUT2D eigenvalue weighted by molar-refractivity contribution is -0.384. The van der Waals surface area contributed by atoms with E-state index in [2.05, 4.69) is 0 Å². The predicted octanol–water partition coefficient (Wildman–Crippen LogP) is 1.71. The third-order valence-electron chi connectivity index (χ3n) is 5.89. The number of amides is 2. The molecule has 1 aliphatic heterocycles. The zero-order valence-electron chi connectivity index (χ0n) is 17.7. The van der Waals surface area contributed by atoms with Crippen LogP contribution in [0.5, 0.6) is 0 Å². The van der Waals surface area contributed by atoms with Crippen LogP contribution < -0.4 is 5.73 Å². The third kappa shape index (κ3) is 3.86. The normalized spacial score (nSPS) is 23.8. The Labute approximate surface area is 173 Å². The van der Waals surface area contributed by atoms with Crippen LogP contribution in [0.3, 0.4) is 0 Å². The number of non-ortho nitro benzene ring substituents is 1. The van der Waals surface area contributed by atoms with Crippen molar-refractivity contribution in [2.45, 2.75) is 47.0 Å². The standard InChI is InChI=1S/C19H29N3O6Si/c1-17(2,3)14-10-21(19(28-29,15(20)23)18(14,4)5)16(24)27-11-12-6-8-13(9-7-12)22(25)26/h6-9,14H,10-11H2,1-5,29H3,(H2,20,23)/t14-,19-/m1/s1. The Morgan fingerprint density at radius 3 is 2.28 bits per heavy atom. The first-order chi connectivity index (χ1) is 13.3. The molecule has 9 nitrogen and oxygen atoms in total. The van der Waals surface area contributed by atoms with Gasteiger partial charge in [0.1, 0.15) is 17.1 Å². The molecule has 0 bridgehead atoms. The fourth-order valence-electron chi connectivity index (χ4n) is 4.54. The van der Waals surface area contributed by atoms with Gasteiger partial charge in [0.05, 0.1) is 4.92 Å². The number of primary amides is 1. The van der Waals surface area contributed by atoms with Crippen LogP contribution in [0.4, 0.5) is 10.5 Å². The van der Waals surface area contributed by atoms with Gasteiger partial charge < -0.3 is 14.9 Å². The number of nitrogens with zero attached hydrogens (tertiary/aromatic N) is 2. The first-order valence-electron chi connectivity index (χ1n) is 9.31. The molecule has 1 aromatic carbocycles. The molecule has 0 aromatic heterocycles. The molecule has 160 valence electrons. The van der Waals surface area contributed by atoms with E-state index in [1.165, 1.54) is 29.2 Å². The number of rotatable bonds is 5. The van der Waals surface area contributed by atoms with Crippen LogP contribution in [-0.2, 0) is 20.6 Å². The molecule has 0 spiro atoms. The van der Waals surface area contributed by atoms with E-state index in [1.54, 1.807) is 0 Å². The largest absolute Gasteiger partial charge is 0.444 e. The molecule has 2 rings (SSSR count). The summed E-state index contributed by atoms with van der Waals surface area (Å²) in [6.07, 6.45) is -0.710. The highest BCUT2D eigenvalue weighted by Gasteiger charge is 2.67. The van der Waals surface area contributed by atoms with Gasteiger partial charge in [-0.1, -0.05) is 34.6 Å². The van der Waals surface area contributed by atoms with E-state index in [0.717, 1.165) is 0 Å². The van der Waals surface area contributed by atoms with Crippen LogP contribution in [-0.4, -0.2) is 44.6 Å². The number of nitro benzene ring substituents is 1. The van der Waals surface area contributed by atoms with E-state index < -0.39 is 28.1 Å². The molecule has 1 saturated heterocycles. The van der Waals surface area contributed by atoms with E-state index in [0.29, 0.717) is 5.56 Å². The van der Waals surface area contributed by atoms with Gasteiger partial charge in [0.15, 0.2) is 0 Å². The maximum atomic E-state index is 13.0. The number of carbonyl (C=O) groups excluding carboxylic acids is 2. The van der Waals surface area contributed by atoms with Crippen molar-refractivity contribution in [2.75, 3.05) is 6.54 Å². The minimum Gasteiger partial charge on any atom is -0.444 e. The molecule has 0 radical (unpaired) electrons. The van der Waals surface area contributed by atoms with Gasteiger partial charge in [0, 0.05) is 24.1 Å². The number of likely N-dealkylation sites (tertiary alicyclic amines) is 1. The predicted molar refractivity (Wildman–Crippen MR) is 110 cm³/mol. The Morgan fingerprint density at radius 1 is 1.31 bits per heavy atom. The van der Waals surface area contributed by atoms with Crippen molar-refractivity contribution >= 4 is 28.2 Å². The van der Waals surface area contributed by atoms with Gasteiger partial charge in [-0.05, 0) is 29.0 Å². The van der Waals surface area contributed by atoms with Gasteiger partial charge in [-0.2, -0.15) is 0 Å². The molecule has 2 N–H and O–H groups in total. The number of ether oxygens (including phenoxy) is 1. The molecule has 1 fully saturated rings. The summed E-state index contributed by atoms with van der Waals surface area (Å²) >= 11 is 0. The van der Waals surface area contributed by atoms with Crippen LogP contribution in [0.2, 0.25) is 0 Å². The minimum absolute atomic E-state index is 0.0496. The summed E-state index contributed by atoms with van der Waals surface area (Å²) in [6.45, 7) is 10.1. The smallest absolute Gasteiger partial charge is 0.412 e. The number of nitrogens with two attached hydrogens (primary N) is 1. The maximum absolute atomic E-state index is 13.0. The van der Waals surface area contributed by atoms with E-state index in [1.807, 2.05) is 34.6 Å². The van der Waals surface area contributed by atoms with Crippen molar-refractivity contribution in [3.05, 3.63) is 39.9 Å². The van der Waals surface area contributed by atoms with Gasteiger partial charge in [0.25, 0.3) is 11.6 Å². The van der Waals surface area contributed by atoms with E-state index >= 15 is 0 Å². The summed E-state index contributed by atoms with van der Waals surface area (Å²) in [5, 5.41) is 10.8. The SMILES string of the molecule is CC(C)(C)[C@H]1CN(C(=O)OCc2ccc([N+](=O)[O-])cc2)[C@@](O[SiH3])(C(N)=O)C1(C)C. The number of nitro groups is 1. The molecule has 1 heterocycles. The Hall–Kier alpha value is -2.46. The highest BCUT2D eigenvalue weighted by Crippen LogP contribution is 2.55. The van der Waals surface area contributed by atoms with Crippen molar-refractivity contribution in [3.8, 4) is 0 Å². The van der Waals surface area contributed by atoms with Gasteiger partial charge in [0.2, 0.25) is 5.72 Å². The number of hydrogen-bond acceptors (Lipinski definition) is 6. The van der Waals surface area contributed by atoms with Crippen LogP contribution >= 0.6 is 0 Å². The summed E-state index contributed by atoms with van der Waals surface area (Å²) in [5.41, 5.74) is 3.75. The second-order valence-corrected chi connectivity index (χ2v) is 9.35. The number of carbonyl (C=O) groups is 2. The van der Waals surface area contributed by atoms with E-state index in [4.69, 9.17) is 14.9 Å². The van der Waals surface area contributed by atoms with Crippen LogP contribution in [0, 0.1) is 26.9 Å². The summed E-state index contributed by atoms with van der Waals surface area (Å²) in [4.78, 5) is 37.0. The zero-order valence-corrected chi connectivity index (χ0v) is 19.7. The second-order valence-electron chi connectivity index (χ2n) is 8.94. The molecule has 29 heavy (non-hydrogen) atoms. The van der Waals surface area contributed by atoms with Crippen LogP contribution in [0.1, 0.15) is 40.2 Å². The van der Waals surface area contributed by atoms with Gasteiger partial charge in [-0.15, -0.1) is 0 Å². The first kappa shape index (κ1) is 22.8. The van der Waals surface area contributed by atoms with Gasteiger partial charge in [-0.3, -0.25) is 19.8 Å². The van der Waals surface area contributed by atoms with Crippen molar-refractivity contribution in [3.63, 3.8) is 0 Å². The zero-order chi connectivity index (χ0) is 22.2. The average Bonchev–Trinajstić information content (AvgIpc) is 2.87. The first-order valence-corrected chi connectivity index (χ1v) is 10.1. The summed E-state index contributed by atoms with van der Waals surface area (Å²) < 4.78 is 11.2. The molecule has 2 amide bonds. The van der Waals surface area contributed by atoms with Gasteiger partial charge in [-0.25, -0.2) is 4.79 Å². The number of benzene rings is 1. The average molecular weight is 424 g/mol. The number of hydrogen-bond donors (Lipinski definition) is 1. The van der Waals surface area contributed by atoms with Crippen molar-refractivity contribution in [1.29, 1.82) is 0 Å². The summed E-state index contributed by atoms with van der Waals surface area (Å²) in [6, 6.07) is 5.71. The molecule has 2 atom stereocenters. The van der Waals surface area contributed by atoms with Crippen LogP contribution in [0.15, 0.2) is 24.3 Å². The Morgan fingerprint density at radius 2 is 1.86 bits per heavy atom. The molecule has 0 aliphatic carbocycles. The highest BCUT2D eigenvalue weighted by molar-refractivity contribution is 6.02. The topological polar surface area (TPSA) is 125 Å². The van der Waals surface area contributed by atoms with Crippen molar-refractivity contribution in [2.24, 2.45) is 22.5 Å². The molecular weight excluding hydrogens is 394 g/mol. The highest BCUT2D eigenvalue weighted by atomic mass is 28.2. The van der Waals surface area contributed by atoms with Crippen LogP contribution in [0.25, 0.3) is 0 Å². The quantitative estimate of drug-likeness (QED) is 0.437. The van der Waals surface area contributed by atoms with Crippen molar-refractivity contribution < 1.29 is 23.7 Å². The van der Waals surface area contributed by atoms with Gasteiger partial charge >= 0.3 is 6.09 Å². The summed E-state index contributed by atoms with van der Waals surface area (Å²) in [5.74, 6) is -0.792. The molecule has 10 heteroatoms. The van der Waals surface area contributed by atoms with E-state index in [-0.39, 0.29) is 40.7 Å². The minimum atomic E-state index is -1.59. The summed E-state index contributed by atoms with van der Waals surface area (Å²) in [7, 11) is 0.199. The van der Waals surface area contributed by atoms with Crippen molar-refractivity contribution in [1.82, 2.24) is 4.90 Å². The lowest BCUT2D eigenvalue weighted by Crippen LogP contribution is -2.64. The Kier molecular flexibility index (Phi) is 6.10. The molecule has 1 aliphatic rings. The lowest BCUT2D eigenvalue weighted by Gasteiger charge is -2.45. The van der Waals surface area contributed by atoms with E-state index in [9.17, 15) is 19.7 Å². The molecule has 0 unspecified atom stereocenters. The Balaban J connectivity index is 2.29. The Bertz CT molecular complexity index is 805. The maximum Gasteiger partial charge on any atom is 0.412 e. The fourth-order valence-corrected chi connectivity index (χ4v) is 5.49. The lowest BCUT2D eigenvalue weighted by atomic mass is 9.64. The third-order valence-corrected chi connectivity index (χ3v) is 6.49.